The van der Waals surface area contributed by atoms with Gasteiger partial charge in [-0.2, -0.15) is 0 Å². The lowest BCUT2D eigenvalue weighted by atomic mass is 10.1. The summed E-state index contributed by atoms with van der Waals surface area (Å²) in [7, 11) is 0. The Hall–Kier alpha value is -1.77. The van der Waals surface area contributed by atoms with E-state index in [1.54, 1.807) is 6.08 Å². The van der Waals surface area contributed by atoms with E-state index in [1.165, 1.54) is 5.56 Å². The number of carbonyl (C=O) groups excluding carboxylic acids is 1. The van der Waals surface area contributed by atoms with Crippen LogP contribution in [0.15, 0.2) is 30.9 Å². The van der Waals surface area contributed by atoms with Gasteiger partial charge in [0, 0.05) is 6.54 Å². The summed E-state index contributed by atoms with van der Waals surface area (Å²) >= 11 is 0. The summed E-state index contributed by atoms with van der Waals surface area (Å²) in [5, 5.41) is 2.75. The second kappa shape index (κ2) is 6.84. The largest absolute Gasteiger partial charge is 0.481 e. The number of hydrogen-bond donors (Lipinski definition) is 1. The van der Waals surface area contributed by atoms with E-state index in [0.29, 0.717) is 13.0 Å². The van der Waals surface area contributed by atoms with Gasteiger partial charge >= 0.3 is 0 Å². The van der Waals surface area contributed by atoms with Gasteiger partial charge in [0.1, 0.15) is 5.75 Å². The van der Waals surface area contributed by atoms with Gasteiger partial charge in [0.2, 0.25) is 0 Å². The Morgan fingerprint density at radius 2 is 2.17 bits per heavy atom. The Bertz CT molecular complexity index is 427. The molecule has 0 aromatic heterocycles. The Balaban J connectivity index is 2.69. The number of benzene rings is 1. The van der Waals surface area contributed by atoms with Crippen LogP contribution in [0, 0.1) is 13.8 Å². The van der Waals surface area contributed by atoms with Gasteiger partial charge in [-0.1, -0.05) is 19.1 Å². The van der Waals surface area contributed by atoms with Crippen molar-refractivity contribution in [3.05, 3.63) is 42.0 Å². The Morgan fingerprint density at radius 3 is 2.72 bits per heavy atom. The van der Waals surface area contributed by atoms with Crippen molar-refractivity contribution in [2.45, 2.75) is 33.3 Å². The number of amides is 1. The highest BCUT2D eigenvalue weighted by Gasteiger charge is 2.17. The predicted octanol–water partition coefficient (Wildman–Crippen LogP) is 2.76. The van der Waals surface area contributed by atoms with Crippen molar-refractivity contribution in [2.24, 2.45) is 0 Å². The molecule has 0 aliphatic rings. The smallest absolute Gasteiger partial charge is 0.261 e. The molecular weight excluding hydrogens is 226 g/mol. The molecule has 18 heavy (non-hydrogen) atoms. The van der Waals surface area contributed by atoms with Gasteiger partial charge in [0.25, 0.3) is 5.91 Å². The van der Waals surface area contributed by atoms with Crippen LogP contribution in [0.2, 0.25) is 0 Å². The van der Waals surface area contributed by atoms with Crippen LogP contribution in [0.5, 0.6) is 5.75 Å². The molecule has 0 heterocycles. The Kier molecular flexibility index (Phi) is 5.43. The second-order valence-electron chi connectivity index (χ2n) is 4.29. The van der Waals surface area contributed by atoms with E-state index in [0.717, 1.165) is 11.3 Å². The summed E-state index contributed by atoms with van der Waals surface area (Å²) in [5.41, 5.74) is 2.38. The van der Waals surface area contributed by atoms with Gasteiger partial charge in [0.15, 0.2) is 6.10 Å². The highest BCUT2D eigenvalue weighted by atomic mass is 16.5. The van der Waals surface area contributed by atoms with Crippen molar-refractivity contribution in [2.75, 3.05) is 6.54 Å². The zero-order valence-corrected chi connectivity index (χ0v) is 11.3. The molecule has 0 spiro atoms. The molecule has 1 rings (SSSR count). The summed E-state index contributed by atoms with van der Waals surface area (Å²) < 4.78 is 5.71. The molecule has 1 amide bonds. The van der Waals surface area contributed by atoms with Crippen LogP contribution in [-0.4, -0.2) is 18.6 Å². The molecule has 98 valence electrons. The molecule has 0 aliphatic carbocycles. The average Bonchev–Trinajstić information content (AvgIpc) is 2.37. The summed E-state index contributed by atoms with van der Waals surface area (Å²) in [6.45, 7) is 10.0. The minimum absolute atomic E-state index is 0.101. The van der Waals surface area contributed by atoms with Gasteiger partial charge in [0.05, 0.1) is 0 Å². The van der Waals surface area contributed by atoms with E-state index in [9.17, 15) is 4.79 Å². The first-order valence-electron chi connectivity index (χ1n) is 6.21. The van der Waals surface area contributed by atoms with E-state index < -0.39 is 6.10 Å². The van der Waals surface area contributed by atoms with E-state index in [1.807, 2.05) is 39.0 Å². The fourth-order valence-corrected chi connectivity index (χ4v) is 1.56. The fourth-order valence-electron chi connectivity index (χ4n) is 1.56. The summed E-state index contributed by atoms with van der Waals surface area (Å²) in [6.07, 6.45) is 1.84. The number of carbonyl (C=O) groups is 1. The predicted molar refractivity (Wildman–Crippen MR) is 73.8 cm³/mol. The first-order chi connectivity index (χ1) is 8.58. The van der Waals surface area contributed by atoms with Crippen LogP contribution in [0.1, 0.15) is 24.5 Å². The lowest BCUT2D eigenvalue weighted by Gasteiger charge is -2.17. The summed E-state index contributed by atoms with van der Waals surface area (Å²) in [6, 6.07) is 5.85. The van der Waals surface area contributed by atoms with E-state index >= 15 is 0 Å². The lowest BCUT2D eigenvalue weighted by molar-refractivity contribution is -0.127. The van der Waals surface area contributed by atoms with Gasteiger partial charge in [-0.25, -0.2) is 0 Å². The van der Waals surface area contributed by atoms with Crippen LogP contribution < -0.4 is 10.1 Å². The first kappa shape index (κ1) is 14.3. The Labute approximate surface area is 109 Å². The van der Waals surface area contributed by atoms with Crippen LogP contribution in [0.25, 0.3) is 0 Å². The van der Waals surface area contributed by atoms with Crippen molar-refractivity contribution in [1.82, 2.24) is 5.32 Å². The molecule has 0 bridgehead atoms. The fraction of sp³-hybridized carbons (Fsp3) is 0.400. The van der Waals surface area contributed by atoms with Gasteiger partial charge in [-0.3, -0.25) is 4.79 Å². The lowest BCUT2D eigenvalue weighted by Crippen LogP contribution is -2.38. The maximum absolute atomic E-state index is 11.8. The molecule has 1 N–H and O–H groups in total. The molecule has 3 heteroatoms. The van der Waals surface area contributed by atoms with E-state index in [4.69, 9.17) is 4.74 Å². The molecule has 1 aromatic carbocycles. The maximum Gasteiger partial charge on any atom is 0.261 e. The number of hydrogen-bond acceptors (Lipinski definition) is 2. The van der Waals surface area contributed by atoms with Crippen molar-refractivity contribution in [3.8, 4) is 5.75 Å². The number of aryl methyl sites for hydroxylation is 2. The molecule has 3 nitrogen and oxygen atoms in total. The third-order valence-corrected chi connectivity index (χ3v) is 2.84. The normalized spacial score (nSPS) is 11.7. The SMILES string of the molecule is C=CCNC(=O)C(CC)Oc1ccc(C)c(C)c1. The first-order valence-corrected chi connectivity index (χ1v) is 6.21. The van der Waals surface area contributed by atoms with Crippen LogP contribution >= 0.6 is 0 Å². The maximum atomic E-state index is 11.8. The molecule has 0 saturated carbocycles. The average molecular weight is 247 g/mol. The minimum Gasteiger partial charge on any atom is -0.481 e. The quantitative estimate of drug-likeness (QED) is 0.785. The highest BCUT2D eigenvalue weighted by Crippen LogP contribution is 2.18. The number of rotatable bonds is 6. The molecule has 0 aliphatic heterocycles. The third kappa shape index (κ3) is 3.91. The topological polar surface area (TPSA) is 38.3 Å². The zero-order valence-electron chi connectivity index (χ0n) is 11.3. The molecular formula is C15H21NO2. The van der Waals surface area contributed by atoms with Crippen molar-refractivity contribution in [1.29, 1.82) is 0 Å². The number of nitrogens with one attached hydrogen (secondary N) is 1. The van der Waals surface area contributed by atoms with E-state index in [2.05, 4.69) is 11.9 Å². The van der Waals surface area contributed by atoms with Gasteiger partial charge in [-0.05, 0) is 43.5 Å². The molecule has 0 saturated heterocycles. The van der Waals surface area contributed by atoms with Gasteiger partial charge in [-0.15, -0.1) is 6.58 Å². The summed E-state index contributed by atoms with van der Waals surface area (Å²) in [4.78, 5) is 11.8. The highest BCUT2D eigenvalue weighted by molar-refractivity contribution is 5.81. The third-order valence-electron chi connectivity index (χ3n) is 2.84. The standard InChI is InChI=1S/C15H21NO2/c1-5-9-16-15(17)14(6-2)18-13-8-7-11(3)12(4)10-13/h5,7-8,10,14H,1,6,9H2,2-4H3,(H,16,17). The van der Waals surface area contributed by atoms with Gasteiger partial charge < -0.3 is 10.1 Å². The second-order valence-corrected chi connectivity index (χ2v) is 4.29. The zero-order chi connectivity index (χ0) is 13.5. The van der Waals surface area contributed by atoms with Crippen molar-refractivity contribution < 1.29 is 9.53 Å². The molecule has 0 fully saturated rings. The molecule has 0 radical (unpaired) electrons. The minimum atomic E-state index is -0.452. The van der Waals surface area contributed by atoms with E-state index in [-0.39, 0.29) is 5.91 Å². The van der Waals surface area contributed by atoms with Crippen LogP contribution in [-0.2, 0) is 4.79 Å². The number of ether oxygens (including phenoxy) is 1. The van der Waals surface area contributed by atoms with Crippen LogP contribution in [0.3, 0.4) is 0 Å². The molecule has 1 aromatic rings. The monoisotopic (exact) mass is 247 g/mol. The van der Waals surface area contributed by atoms with Crippen LogP contribution in [0.4, 0.5) is 0 Å². The van der Waals surface area contributed by atoms with Crippen molar-refractivity contribution >= 4 is 5.91 Å². The molecule has 1 atom stereocenters. The van der Waals surface area contributed by atoms with Crippen molar-refractivity contribution in [3.63, 3.8) is 0 Å². The Morgan fingerprint density at radius 1 is 1.44 bits per heavy atom. The summed E-state index contributed by atoms with van der Waals surface area (Å²) in [5.74, 6) is 0.634. The molecule has 1 unspecified atom stereocenters.